The highest BCUT2D eigenvalue weighted by atomic mass is 32.1. The first-order valence-corrected chi connectivity index (χ1v) is 10.0. The van der Waals surface area contributed by atoms with E-state index in [9.17, 15) is 14.4 Å². The third kappa shape index (κ3) is 6.14. The Morgan fingerprint density at radius 2 is 2.07 bits per heavy atom. The van der Waals surface area contributed by atoms with Gasteiger partial charge in [-0.15, -0.1) is 11.3 Å². The number of thiazole rings is 1. The number of aromatic nitrogens is 1. The summed E-state index contributed by atoms with van der Waals surface area (Å²) in [5.41, 5.74) is 0.556. The molecule has 1 aromatic heterocycles. The Bertz CT molecular complexity index is 785. The number of aryl methyl sites for hydroxylation is 1. The van der Waals surface area contributed by atoms with Crippen LogP contribution < -0.4 is 10.6 Å². The second-order valence-corrected chi connectivity index (χ2v) is 9.63. The van der Waals surface area contributed by atoms with Crippen molar-refractivity contribution in [1.82, 2.24) is 10.3 Å². The zero-order valence-corrected chi connectivity index (χ0v) is 17.9. The number of hydrogen-bond donors (Lipinski definition) is 2. The lowest BCUT2D eigenvalue weighted by molar-refractivity contribution is -0.139. The number of rotatable bonds is 6. The van der Waals surface area contributed by atoms with Crippen LogP contribution in [0.25, 0.3) is 0 Å². The molecule has 0 saturated heterocycles. The van der Waals surface area contributed by atoms with Crippen molar-refractivity contribution in [3.8, 4) is 0 Å². The van der Waals surface area contributed by atoms with E-state index in [4.69, 9.17) is 0 Å². The average Bonchev–Trinajstić information content (AvgIpc) is 2.89. The minimum Gasteiger partial charge on any atom is -0.469 e. The molecule has 0 aromatic carbocycles. The van der Waals surface area contributed by atoms with Crippen LogP contribution in [0.3, 0.4) is 0 Å². The molecule has 9 heteroatoms. The molecule has 1 aliphatic rings. The van der Waals surface area contributed by atoms with Gasteiger partial charge in [0.1, 0.15) is 0 Å². The number of hydrogen-bond acceptors (Lipinski definition) is 7. The van der Waals surface area contributed by atoms with Gasteiger partial charge in [0.15, 0.2) is 5.13 Å². The number of esters is 1. The van der Waals surface area contributed by atoms with Crippen LogP contribution in [0.1, 0.15) is 50.6 Å². The van der Waals surface area contributed by atoms with Crippen molar-refractivity contribution in [1.29, 1.82) is 0 Å². The van der Waals surface area contributed by atoms with E-state index in [0.717, 1.165) is 24.1 Å². The predicted octanol–water partition coefficient (Wildman–Crippen LogP) is 3.21. The molecule has 1 fully saturated rings. The van der Waals surface area contributed by atoms with Crippen LogP contribution >= 0.6 is 11.3 Å². The van der Waals surface area contributed by atoms with Gasteiger partial charge in [0.05, 0.1) is 25.8 Å². The number of anilines is 1. The predicted molar refractivity (Wildman–Crippen MR) is 107 cm³/mol. The molecule has 2 N–H and O–H groups in total. The van der Waals surface area contributed by atoms with Crippen molar-refractivity contribution >= 4 is 34.5 Å². The number of nitrogens with one attached hydrogen (secondary N) is 2. The normalized spacial score (nSPS) is 23.4. The SMILES string of the molecule is COC(=O)Cc1sc(NC(=O)NC2CC(C)(C)CC(C)(CN=C=O)C2)nc1C. The number of isocyanates is 1. The fourth-order valence-corrected chi connectivity index (χ4v) is 5.19. The largest absolute Gasteiger partial charge is 0.469 e. The van der Waals surface area contributed by atoms with Crippen LogP contribution in [0.15, 0.2) is 4.99 Å². The molecule has 0 radical (unpaired) electrons. The Labute approximate surface area is 169 Å². The molecule has 2 rings (SSSR count). The van der Waals surface area contributed by atoms with Crippen molar-refractivity contribution in [3.05, 3.63) is 10.6 Å². The Kier molecular flexibility index (Phi) is 6.96. The minimum absolute atomic E-state index is 0.0226. The average molecular weight is 409 g/mol. The van der Waals surface area contributed by atoms with Crippen molar-refractivity contribution in [2.75, 3.05) is 19.0 Å². The van der Waals surface area contributed by atoms with Gasteiger partial charge in [0, 0.05) is 10.9 Å². The summed E-state index contributed by atoms with van der Waals surface area (Å²) < 4.78 is 4.68. The fourth-order valence-electron chi connectivity index (χ4n) is 4.25. The molecule has 2 amide bonds. The van der Waals surface area contributed by atoms with Gasteiger partial charge in [0.25, 0.3) is 0 Å². The highest BCUT2D eigenvalue weighted by molar-refractivity contribution is 7.16. The fraction of sp³-hybridized carbons (Fsp3) is 0.684. The molecular weight excluding hydrogens is 380 g/mol. The van der Waals surface area contributed by atoms with E-state index in [-0.39, 0.29) is 35.3 Å². The summed E-state index contributed by atoms with van der Waals surface area (Å²) in [7, 11) is 1.34. The van der Waals surface area contributed by atoms with Gasteiger partial charge in [-0.05, 0) is 37.0 Å². The number of carbonyl (C=O) groups excluding carboxylic acids is 3. The van der Waals surface area contributed by atoms with Crippen LogP contribution in [0.2, 0.25) is 0 Å². The molecule has 2 atom stereocenters. The topological polar surface area (TPSA) is 110 Å². The quantitative estimate of drug-likeness (QED) is 0.427. The van der Waals surface area contributed by atoms with Crippen LogP contribution in [0, 0.1) is 17.8 Å². The maximum Gasteiger partial charge on any atom is 0.321 e. The summed E-state index contributed by atoms with van der Waals surface area (Å²) >= 11 is 1.26. The Balaban J connectivity index is 2.01. The van der Waals surface area contributed by atoms with E-state index < -0.39 is 0 Å². The Morgan fingerprint density at radius 3 is 2.71 bits per heavy atom. The van der Waals surface area contributed by atoms with Gasteiger partial charge >= 0.3 is 12.0 Å². The van der Waals surface area contributed by atoms with Crippen molar-refractivity contribution in [2.24, 2.45) is 15.8 Å². The molecule has 0 spiro atoms. The zero-order valence-electron chi connectivity index (χ0n) is 17.0. The minimum atomic E-state index is -0.343. The first-order chi connectivity index (χ1) is 13.1. The molecule has 1 heterocycles. The summed E-state index contributed by atoms with van der Waals surface area (Å²) in [4.78, 5) is 43.3. The van der Waals surface area contributed by atoms with E-state index in [1.165, 1.54) is 18.4 Å². The second kappa shape index (κ2) is 8.84. The van der Waals surface area contributed by atoms with Crippen LogP contribution in [0.4, 0.5) is 9.93 Å². The first kappa shape index (κ1) is 22.0. The molecule has 154 valence electrons. The summed E-state index contributed by atoms with van der Waals surface area (Å²) in [5.74, 6) is -0.343. The molecule has 2 unspecified atom stereocenters. The van der Waals surface area contributed by atoms with Gasteiger partial charge in [-0.25, -0.2) is 19.6 Å². The van der Waals surface area contributed by atoms with Gasteiger partial charge in [-0.1, -0.05) is 20.8 Å². The summed E-state index contributed by atoms with van der Waals surface area (Å²) in [5, 5.41) is 6.22. The van der Waals surface area contributed by atoms with Crippen molar-refractivity contribution in [2.45, 2.75) is 59.4 Å². The van der Waals surface area contributed by atoms with Gasteiger partial charge in [-0.3, -0.25) is 10.1 Å². The van der Waals surface area contributed by atoms with Crippen LogP contribution in [0.5, 0.6) is 0 Å². The molecular formula is C19H28N4O4S. The number of urea groups is 1. The first-order valence-electron chi connectivity index (χ1n) is 9.20. The van der Waals surface area contributed by atoms with Crippen molar-refractivity contribution in [3.63, 3.8) is 0 Å². The van der Waals surface area contributed by atoms with Gasteiger partial charge in [0.2, 0.25) is 6.08 Å². The third-order valence-corrected chi connectivity index (χ3v) is 6.02. The smallest absolute Gasteiger partial charge is 0.321 e. The van der Waals surface area contributed by atoms with Crippen LogP contribution in [-0.4, -0.2) is 42.8 Å². The van der Waals surface area contributed by atoms with Crippen LogP contribution in [-0.2, 0) is 20.7 Å². The Morgan fingerprint density at radius 1 is 1.36 bits per heavy atom. The van der Waals surface area contributed by atoms with E-state index >= 15 is 0 Å². The number of ether oxygens (including phenoxy) is 1. The molecule has 1 saturated carbocycles. The lowest BCUT2D eigenvalue weighted by Gasteiger charge is -2.46. The number of carbonyl (C=O) groups is 2. The molecule has 1 aliphatic carbocycles. The van der Waals surface area contributed by atoms with Gasteiger partial charge in [-0.2, -0.15) is 0 Å². The third-order valence-electron chi connectivity index (χ3n) is 4.95. The lowest BCUT2D eigenvalue weighted by Crippen LogP contribution is -2.48. The van der Waals surface area contributed by atoms with E-state index in [0.29, 0.717) is 17.4 Å². The summed E-state index contributed by atoms with van der Waals surface area (Å²) in [6.07, 6.45) is 4.25. The van der Waals surface area contributed by atoms with Gasteiger partial charge < -0.3 is 10.1 Å². The summed E-state index contributed by atoms with van der Waals surface area (Å²) in [6, 6.07) is -0.367. The highest BCUT2D eigenvalue weighted by Gasteiger charge is 2.41. The number of aliphatic imine (C=N–C) groups is 1. The number of nitrogens with zero attached hydrogens (tertiary/aromatic N) is 2. The lowest BCUT2D eigenvalue weighted by atomic mass is 9.62. The summed E-state index contributed by atoms with van der Waals surface area (Å²) in [6.45, 7) is 8.60. The van der Waals surface area contributed by atoms with Crippen molar-refractivity contribution < 1.29 is 19.1 Å². The number of amides is 2. The van der Waals surface area contributed by atoms with E-state index in [1.807, 2.05) is 0 Å². The molecule has 8 nitrogen and oxygen atoms in total. The maximum absolute atomic E-state index is 12.5. The maximum atomic E-state index is 12.5. The zero-order chi connectivity index (χ0) is 20.9. The molecule has 28 heavy (non-hydrogen) atoms. The monoisotopic (exact) mass is 408 g/mol. The highest BCUT2D eigenvalue weighted by Crippen LogP contribution is 2.46. The molecule has 0 bridgehead atoms. The second-order valence-electron chi connectivity index (χ2n) is 8.54. The van der Waals surface area contributed by atoms with E-state index in [1.54, 1.807) is 13.0 Å². The molecule has 0 aliphatic heterocycles. The van der Waals surface area contributed by atoms with E-state index in [2.05, 4.69) is 46.1 Å². The molecule has 1 aromatic rings. The standard InChI is InChI=1S/C19H28N4O4S/c1-12-14(6-15(25)27-5)28-17(21-12)23-16(26)22-13-7-18(2,3)9-19(4,8-13)10-20-11-24/h13H,6-10H2,1-5H3,(H2,21,22,23,26). The number of methoxy groups -OCH3 is 1. The Hall–Kier alpha value is -2.25.